The highest BCUT2D eigenvalue weighted by Crippen LogP contribution is 2.25. The van der Waals surface area contributed by atoms with Crippen molar-refractivity contribution in [1.82, 2.24) is 19.7 Å². The third-order valence-electron chi connectivity index (χ3n) is 2.99. The van der Waals surface area contributed by atoms with E-state index in [9.17, 15) is 0 Å². The monoisotopic (exact) mass is 272 g/mol. The van der Waals surface area contributed by atoms with Crippen molar-refractivity contribution >= 4 is 12.2 Å². The van der Waals surface area contributed by atoms with E-state index in [4.69, 9.17) is 16.6 Å². The summed E-state index contributed by atoms with van der Waals surface area (Å²) in [5.41, 5.74) is 0.959. The van der Waals surface area contributed by atoms with Gasteiger partial charge in [0.15, 0.2) is 10.6 Å². The fraction of sp³-hybridized carbons (Fsp3) is 0.154. The number of aromatic amines is 1. The van der Waals surface area contributed by atoms with Gasteiger partial charge in [-0.2, -0.15) is 5.10 Å². The molecule has 5 nitrogen and oxygen atoms in total. The standard InChI is InChI=1S/C13H12N4OS/c1-9(11-3-2-8-18-11)17-12(15-16-13(17)19)10-4-6-14-7-5-10/h2-9H,1H3,(H,16,19). The summed E-state index contributed by atoms with van der Waals surface area (Å²) in [6.45, 7) is 2.02. The van der Waals surface area contributed by atoms with Crippen LogP contribution in [0.5, 0.6) is 0 Å². The van der Waals surface area contributed by atoms with Crippen LogP contribution >= 0.6 is 12.2 Å². The molecule has 0 saturated heterocycles. The molecule has 19 heavy (non-hydrogen) atoms. The minimum Gasteiger partial charge on any atom is -0.467 e. The number of furan rings is 1. The van der Waals surface area contributed by atoms with Crippen molar-refractivity contribution in [2.45, 2.75) is 13.0 Å². The second-order valence-corrected chi connectivity index (χ2v) is 4.54. The van der Waals surface area contributed by atoms with E-state index in [1.54, 1.807) is 18.7 Å². The second-order valence-electron chi connectivity index (χ2n) is 4.15. The van der Waals surface area contributed by atoms with Gasteiger partial charge in [-0.15, -0.1) is 0 Å². The lowest BCUT2D eigenvalue weighted by Gasteiger charge is -2.13. The Morgan fingerprint density at radius 1 is 1.32 bits per heavy atom. The SMILES string of the molecule is CC(c1ccco1)n1c(-c2ccncc2)n[nH]c1=S. The van der Waals surface area contributed by atoms with E-state index in [0.29, 0.717) is 4.77 Å². The molecule has 0 aromatic carbocycles. The Morgan fingerprint density at radius 2 is 2.11 bits per heavy atom. The number of aromatic nitrogens is 4. The highest BCUT2D eigenvalue weighted by Gasteiger charge is 2.17. The largest absolute Gasteiger partial charge is 0.467 e. The van der Waals surface area contributed by atoms with E-state index in [1.165, 1.54) is 0 Å². The Labute approximate surface area is 114 Å². The van der Waals surface area contributed by atoms with E-state index in [2.05, 4.69) is 15.2 Å². The second kappa shape index (κ2) is 4.81. The predicted molar refractivity (Wildman–Crippen MR) is 73.2 cm³/mol. The van der Waals surface area contributed by atoms with Gasteiger partial charge < -0.3 is 4.42 Å². The lowest BCUT2D eigenvalue weighted by molar-refractivity contribution is 0.445. The molecule has 0 aliphatic carbocycles. The fourth-order valence-electron chi connectivity index (χ4n) is 2.02. The van der Waals surface area contributed by atoms with Crippen LogP contribution in [0.15, 0.2) is 47.3 Å². The first kappa shape index (κ1) is 11.9. The summed E-state index contributed by atoms with van der Waals surface area (Å²) in [5.74, 6) is 1.61. The Balaban J connectivity index is 2.12. The molecule has 0 saturated carbocycles. The van der Waals surface area contributed by atoms with Gasteiger partial charge in [0.25, 0.3) is 0 Å². The molecule has 6 heteroatoms. The molecule has 0 fully saturated rings. The lowest BCUT2D eigenvalue weighted by Crippen LogP contribution is -2.08. The average molecular weight is 272 g/mol. The third kappa shape index (κ3) is 2.10. The van der Waals surface area contributed by atoms with Crippen LogP contribution in [-0.4, -0.2) is 19.7 Å². The van der Waals surface area contributed by atoms with Crippen LogP contribution in [0.2, 0.25) is 0 Å². The molecule has 0 aliphatic heterocycles. The first-order chi connectivity index (χ1) is 9.27. The molecule has 3 aromatic heterocycles. The van der Waals surface area contributed by atoms with Gasteiger partial charge in [0.1, 0.15) is 5.76 Å². The Kier molecular flexibility index (Phi) is 3.00. The molecular formula is C13H12N4OS. The quantitative estimate of drug-likeness (QED) is 0.744. The number of pyridine rings is 1. The van der Waals surface area contributed by atoms with Crippen LogP contribution in [0.25, 0.3) is 11.4 Å². The lowest BCUT2D eigenvalue weighted by atomic mass is 10.2. The molecule has 96 valence electrons. The number of H-pyrrole nitrogens is 1. The first-order valence-corrected chi connectivity index (χ1v) is 6.29. The van der Waals surface area contributed by atoms with E-state index in [-0.39, 0.29) is 6.04 Å². The molecular weight excluding hydrogens is 260 g/mol. The minimum atomic E-state index is -0.0237. The third-order valence-corrected chi connectivity index (χ3v) is 3.27. The van der Waals surface area contributed by atoms with Gasteiger partial charge in [-0.3, -0.25) is 14.6 Å². The molecule has 3 heterocycles. The summed E-state index contributed by atoms with van der Waals surface area (Å²) in [6.07, 6.45) is 5.12. The average Bonchev–Trinajstić information content (AvgIpc) is 3.08. The van der Waals surface area contributed by atoms with E-state index >= 15 is 0 Å². The molecule has 0 radical (unpaired) electrons. The minimum absolute atomic E-state index is 0.0237. The van der Waals surface area contributed by atoms with Gasteiger partial charge in [-0.25, -0.2) is 0 Å². The summed E-state index contributed by atoms with van der Waals surface area (Å²) in [4.78, 5) is 4.01. The van der Waals surface area contributed by atoms with E-state index in [1.807, 2.05) is 35.8 Å². The summed E-state index contributed by atoms with van der Waals surface area (Å²) in [5, 5.41) is 7.13. The molecule has 0 aliphatic rings. The van der Waals surface area contributed by atoms with Gasteiger partial charge in [0.2, 0.25) is 0 Å². The van der Waals surface area contributed by atoms with Gasteiger partial charge >= 0.3 is 0 Å². The highest BCUT2D eigenvalue weighted by molar-refractivity contribution is 7.71. The molecule has 0 spiro atoms. The topological polar surface area (TPSA) is 59.6 Å². The smallest absolute Gasteiger partial charge is 0.196 e. The zero-order chi connectivity index (χ0) is 13.2. The number of nitrogens with zero attached hydrogens (tertiary/aromatic N) is 3. The van der Waals surface area contributed by atoms with Crippen LogP contribution in [0.4, 0.5) is 0 Å². The fourth-order valence-corrected chi connectivity index (χ4v) is 2.32. The Bertz CT molecular complexity index is 715. The van der Waals surface area contributed by atoms with Crippen LogP contribution in [0, 0.1) is 4.77 Å². The number of hydrogen-bond acceptors (Lipinski definition) is 4. The normalized spacial score (nSPS) is 12.5. The van der Waals surface area contributed by atoms with Crippen LogP contribution < -0.4 is 0 Å². The molecule has 1 N–H and O–H groups in total. The van der Waals surface area contributed by atoms with Crippen molar-refractivity contribution in [3.8, 4) is 11.4 Å². The number of nitrogens with one attached hydrogen (secondary N) is 1. The molecule has 0 amide bonds. The van der Waals surface area contributed by atoms with Crippen molar-refractivity contribution in [3.63, 3.8) is 0 Å². The molecule has 3 aromatic rings. The maximum Gasteiger partial charge on any atom is 0.196 e. The molecule has 0 bridgehead atoms. The van der Waals surface area contributed by atoms with E-state index < -0.39 is 0 Å². The Hall–Kier alpha value is -2.21. The summed E-state index contributed by atoms with van der Waals surface area (Å²) in [7, 11) is 0. The molecule has 3 rings (SSSR count). The van der Waals surface area contributed by atoms with Crippen molar-refractivity contribution in [1.29, 1.82) is 0 Å². The zero-order valence-corrected chi connectivity index (χ0v) is 11.1. The van der Waals surface area contributed by atoms with Crippen LogP contribution in [0.1, 0.15) is 18.7 Å². The van der Waals surface area contributed by atoms with Gasteiger partial charge in [-0.05, 0) is 43.4 Å². The van der Waals surface area contributed by atoms with Gasteiger partial charge in [0, 0.05) is 18.0 Å². The summed E-state index contributed by atoms with van der Waals surface area (Å²) < 4.78 is 7.94. The zero-order valence-electron chi connectivity index (χ0n) is 10.3. The van der Waals surface area contributed by atoms with Crippen molar-refractivity contribution in [2.24, 2.45) is 0 Å². The number of hydrogen-bond donors (Lipinski definition) is 1. The van der Waals surface area contributed by atoms with Crippen molar-refractivity contribution in [3.05, 3.63) is 53.5 Å². The van der Waals surface area contributed by atoms with E-state index in [0.717, 1.165) is 17.1 Å². The maximum absolute atomic E-state index is 5.44. The predicted octanol–water partition coefficient (Wildman–Crippen LogP) is 3.20. The van der Waals surface area contributed by atoms with Gasteiger partial charge in [-0.1, -0.05) is 0 Å². The maximum atomic E-state index is 5.44. The van der Waals surface area contributed by atoms with Crippen LogP contribution in [-0.2, 0) is 0 Å². The first-order valence-electron chi connectivity index (χ1n) is 5.88. The highest BCUT2D eigenvalue weighted by atomic mass is 32.1. The molecule has 1 unspecified atom stereocenters. The summed E-state index contributed by atoms with van der Waals surface area (Å²) in [6, 6.07) is 7.56. The van der Waals surface area contributed by atoms with Crippen LogP contribution in [0.3, 0.4) is 0 Å². The van der Waals surface area contributed by atoms with Gasteiger partial charge in [0.05, 0.1) is 12.3 Å². The van der Waals surface area contributed by atoms with Crippen molar-refractivity contribution < 1.29 is 4.42 Å². The summed E-state index contributed by atoms with van der Waals surface area (Å²) >= 11 is 5.31. The molecule has 1 atom stereocenters. The van der Waals surface area contributed by atoms with Crippen molar-refractivity contribution in [2.75, 3.05) is 0 Å². The number of rotatable bonds is 3. The Morgan fingerprint density at radius 3 is 2.79 bits per heavy atom.